The lowest BCUT2D eigenvalue weighted by Crippen LogP contribution is -2.61. The third kappa shape index (κ3) is 46.5. The van der Waals surface area contributed by atoms with E-state index in [1.807, 2.05) is 6.08 Å². The molecule has 1 aliphatic rings. The zero-order valence-electron chi connectivity index (χ0n) is 53.5. The van der Waals surface area contributed by atoms with Crippen LogP contribution in [0.5, 0.6) is 0 Å². The fourth-order valence-electron chi connectivity index (χ4n) is 9.97. The van der Waals surface area contributed by atoms with Gasteiger partial charge >= 0.3 is 5.97 Å². The smallest absolute Gasteiger partial charge is 0.306 e. The molecule has 1 aliphatic heterocycles. The normalized spacial score (nSPS) is 19.2. The molecule has 8 atom stereocenters. The van der Waals surface area contributed by atoms with Crippen LogP contribution in [-0.2, 0) is 23.8 Å². The summed E-state index contributed by atoms with van der Waals surface area (Å²) in [4.78, 5) is 26.6. The number of carbonyl (C=O) groups is 2. The molecule has 1 amide bonds. The Bertz CT molecular complexity index is 1780. The summed E-state index contributed by atoms with van der Waals surface area (Å²) in [5.41, 5.74) is 0. The van der Waals surface area contributed by atoms with Crippen molar-refractivity contribution in [1.82, 2.24) is 5.32 Å². The highest BCUT2D eigenvalue weighted by Gasteiger charge is 2.47. The molecule has 0 aromatic rings. The van der Waals surface area contributed by atoms with Crippen molar-refractivity contribution in [2.45, 2.75) is 327 Å². The fraction of sp³-hybridized carbons (Fsp3) is 0.726. The van der Waals surface area contributed by atoms with Crippen molar-refractivity contribution in [3.8, 4) is 0 Å². The summed E-state index contributed by atoms with van der Waals surface area (Å²) < 4.78 is 17.6. The number of allylic oxidation sites excluding steroid dienone is 17. The van der Waals surface area contributed by atoms with E-state index in [0.717, 1.165) is 135 Å². The Hall–Kier alpha value is -3.68. The molecule has 8 unspecified atom stereocenters. The van der Waals surface area contributed by atoms with Crippen LogP contribution in [-0.4, -0.2) is 99.6 Å². The summed E-state index contributed by atoms with van der Waals surface area (Å²) in [6.45, 7) is 5.72. The van der Waals surface area contributed by atoms with Crippen LogP contribution in [0.1, 0.15) is 278 Å². The van der Waals surface area contributed by atoms with E-state index in [-0.39, 0.29) is 19.4 Å². The molecule has 84 heavy (non-hydrogen) atoms. The average Bonchev–Trinajstić information content (AvgIpc) is 3.55. The van der Waals surface area contributed by atoms with E-state index >= 15 is 0 Å². The SMILES string of the molecule is CCCCC/C=C\C/C=C\C/C=C\C/C=C\CCCCCCCCC(O)C(=O)NC(COC1OC(CO)C(O)C(O)C1OC(=O)CCCCCCC/C=C\C/C=C\C/C=C\C/C=C\CCCCC)C(O)/C=C/CCCCCCCCCCCC. The Labute approximate surface area is 513 Å². The van der Waals surface area contributed by atoms with Crippen molar-refractivity contribution in [3.63, 3.8) is 0 Å². The molecule has 482 valence electrons. The molecule has 6 N–H and O–H groups in total. The number of rotatable bonds is 57. The summed E-state index contributed by atoms with van der Waals surface area (Å²) in [6.07, 6.45) is 71.1. The van der Waals surface area contributed by atoms with E-state index in [4.69, 9.17) is 14.2 Å². The molecule has 1 rings (SSSR count). The Kier molecular flexibility index (Phi) is 55.6. The van der Waals surface area contributed by atoms with Gasteiger partial charge < -0.3 is 45.1 Å². The first-order valence-corrected chi connectivity index (χ1v) is 34.2. The fourth-order valence-corrected chi connectivity index (χ4v) is 9.97. The van der Waals surface area contributed by atoms with E-state index in [1.165, 1.54) is 96.3 Å². The van der Waals surface area contributed by atoms with Crippen LogP contribution in [0.25, 0.3) is 0 Å². The Morgan fingerprint density at radius 2 is 0.821 bits per heavy atom. The van der Waals surface area contributed by atoms with Crippen molar-refractivity contribution < 1.29 is 49.3 Å². The van der Waals surface area contributed by atoms with Crippen LogP contribution < -0.4 is 5.32 Å². The van der Waals surface area contributed by atoms with Crippen LogP contribution in [0.2, 0.25) is 0 Å². The number of unbranched alkanes of at least 4 members (excludes halogenated alkanes) is 27. The second-order valence-electron chi connectivity index (χ2n) is 23.2. The average molecular weight is 1180 g/mol. The van der Waals surface area contributed by atoms with Gasteiger partial charge in [-0.05, 0) is 116 Å². The number of esters is 1. The van der Waals surface area contributed by atoms with E-state index in [2.05, 4.69) is 123 Å². The molecule has 1 saturated heterocycles. The maximum absolute atomic E-state index is 13.5. The zero-order valence-corrected chi connectivity index (χ0v) is 53.5. The Morgan fingerprint density at radius 3 is 1.25 bits per heavy atom. The third-order valence-electron chi connectivity index (χ3n) is 15.4. The highest BCUT2D eigenvalue weighted by atomic mass is 16.7. The minimum atomic E-state index is -1.63. The lowest BCUT2D eigenvalue weighted by Gasteiger charge is -2.41. The van der Waals surface area contributed by atoms with Gasteiger partial charge in [-0.15, -0.1) is 0 Å². The minimum Gasteiger partial charge on any atom is -0.454 e. The number of carbonyl (C=O) groups excluding carboxylic acids is 2. The molecule has 0 aromatic carbocycles. The van der Waals surface area contributed by atoms with E-state index in [9.17, 15) is 35.1 Å². The second kappa shape index (κ2) is 59.6. The number of hydrogen-bond acceptors (Lipinski definition) is 10. The summed E-state index contributed by atoms with van der Waals surface area (Å²) in [5.74, 6) is -1.23. The number of amides is 1. The van der Waals surface area contributed by atoms with Crippen molar-refractivity contribution >= 4 is 11.9 Å². The maximum Gasteiger partial charge on any atom is 0.306 e. The highest BCUT2D eigenvalue weighted by Crippen LogP contribution is 2.26. The van der Waals surface area contributed by atoms with Gasteiger partial charge in [0.25, 0.3) is 0 Å². The van der Waals surface area contributed by atoms with Gasteiger partial charge in [-0.1, -0.05) is 265 Å². The molecule has 0 saturated carbocycles. The van der Waals surface area contributed by atoms with Gasteiger partial charge in [0.15, 0.2) is 12.4 Å². The van der Waals surface area contributed by atoms with Gasteiger partial charge in [0.05, 0.1) is 25.4 Å². The first kappa shape index (κ1) is 78.3. The first-order valence-electron chi connectivity index (χ1n) is 34.2. The topological polar surface area (TPSA) is 175 Å². The molecule has 0 spiro atoms. The predicted octanol–water partition coefficient (Wildman–Crippen LogP) is 17.2. The monoisotopic (exact) mass is 1180 g/mol. The molecule has 1 fully saturated rings. The van der Waals surface area contributed by atoms with Crippen molar-refractivity contribution in [2.75, 3.05) is 13.2 Å². The van der Waals surface area contributed by atoms with Crippen LogP contribution >= 0.6 is 0 Å². The molecule has 0 bridgehead atoms. The number of aliphatic hydroxyl groups is 5. The number of aliphatic hydroxyl groups excluding tert-OH is 5. The molecule has 0 aromatic heterocycles. The Balaban J connectivity index is 2.65. The Morgan fingerprint density at radius 1 is 0.464 bits per heavy atom. The summed E-state index contributed by atoms with van der Waals surface area (Å²) in [6, 6.07) is -1.04. The quantitative estimate of drug-likeness (QED) is 0.0195. The van der Waals surface area contributed by atoms with Crippen LogP contribution in [0.15, 0.2) is 109 Å². The van der Waals surface area contributed by atoms with Gasteiger partial charge in [0, 0.05) is 6.42 Å². The van der Waals surface area contributed by atoms with Gasteiger partial charge in [-0.25, -0.2) is 0 Å². The molecular formula is C73H125NO10. The van der Waals surface area contributed by atoms with E-state index in [1.54, 1.807) is 6.08 Å². The predicted molar refractivity (Wildman–Crippen MR) is 351 cm³/mol. The first-order chi connectivity index (χ1) is 41.2. The lowest BCUT2D eigenvalue weighted by molar-refractivity contribution is -0.305. The molecule has 11 heteroatoms. The lowest BCUT2D eigenvalue weighted by atomic mass is 9.99. The van der Waals surface area contributed by atoms with E-state index < -0.39 is 67.4 Å². The number of ether oxygens (including phenoxy) is 3. The summed E-state index contributed by atoms with van der Waals surface area (Å²) in [5, 5.41) is 57.2. The molecule has 1 heterocycles. The van der Waals surface area contributed by atoms with Gasteiger partial charge in [0.2, 0.25) is 5.91 Å². The molecule has 0 aliphatic carbocycles. The van der Waals surface area contributed by atoms with Crippen molar-refractivity contribution in [2.24, 2.45) is 0 Å². The molecular weight excluding hydrogens is 1050 g/mol. The van der Waals surface area contributed by atoms with Crippen LogP contribution in [0, 0.1) is 0 Å². The van der Waals surface area contributed by atoms with Crippen LogP contribution in [0.4, 0.5) is 0 Å². The highest BCUT2D eigenvalue weighted by molar-refractivity contribution is 5.80. The standard InChI is InChI=1S/C73H125NO10/c1-4-7-10-13-16-19-22-25-27-29-31-33-35-36-38-40-42-45-48-51-54-57-60-66(77)72(81)74-64(65(76)59-56-53-50-47-44-24-21-18-15-12-9-6-3)63-82-73-71(70(80)69(79)67(62-75)83-73)84-68(78)61-58-55-52-49-46-43-41-39-37-34-32-30-28-26-23-20-17-14-11-8-5-2/h16-17,19-20,25-28,31-34,36,38-39,41,56,59,64-67,69-71,73,75-77,79-80H,4-15,18,21-24,29-30,35,37,40,42-55,57-58,60-63H2,1-3H3,(H,74,81)/b19-16-,20-17-,27-25-,28-26-,33-31-,34-32-,38-36-,41-39-,59-56+. The molecule has 11 nitrogen and oxygen atoms in total. The number of nitrogens with one attached hydrogen (secondary N) is 1. The second-order valence-corrected chi connectivity index (χ2v) is 23.2. The third-order valence-corrected chi connectivity index (χ3v) is 15.4. The van der Waals surface area contributed by atoms with Gasteiger partial charge in [0.1, 0.15) is 24.4 Å². The largest absolute Gasteiger partial charge is 0.454 e. The van der Waals surface area contributed by atoms with Crippen LogP contribution in [0.3, 0.4) is 0 Å². The minimum absolute atomic E-state index is 0.0958. The van der Waals surface area contributed by atoms with Gasteiger partial charge in [-0.3, -0.25) is 9.59 Å². The van der Waals surface area contributed by atoms with Crippen molar-refractivity contribution in [1.29, 1.82) is 0 Å². The van der Waals surface area contributed by atoms with E-state index in [0.29, 0.717) is 12.8 Å². The van der Waals surface area contributed by atoms with Crippen molar-refractivity contribution in [3.05, 3.63) is 109 Å². The summed E-state index contributed by atoms with van der Waals surface area (Å²) >= 11 is 0. The zero-order chi connectivity index (χ0) is 61.0. The summed E-state index contributed by atoms with van der Waals surface area (Å²) in [7, 11) is 0. The van der Waals surface area contributed by atoms with Gasteiger partial charge in [-0.2, -0.15) is 0 Å². The number of hydrogen-bond donors (Lipinski definition) is 6. The maximum atomic E-state index is 13.5. The molecule has 0 radical (unpaired) electrons.